The van der Waals surface area contributed by atoms with Gasteiger partial charge in [0.15, 0.2) is 0 Å². The van der Waals surface area contributed by atoms with Gasteiger partial charge in [-0.1, -0.05) is 13.0 Å². The molecule has 0 saturated heterocycles. The van der Waals surface area contributed by atoms with Gasteiger partial charge in [0.1, 0.15) is 40.3 Å². The highest BCUT2D eigenvalue weighted by atomic mass is 19.4. The summed E-state index contributed by atoms with van der Waals surface area (Å²) in [6.45, 7) is 1.53. The number of aromatic nitrogens is 1. The fourth-order valence-corrected chi connectivity index (χ4v) is 3.88. The maximum absolute atomic E-state index is 14.1. The van der Waals surface area contributed by atoms with E-state index < -0.39 is 57.9 Å². The van der Waals surface area contributed by atoms with Gasteiger partial charge in [-0.3, -0.25) is 9.59 Å². The van der Waals surface area contributed by atoms with Crippen molar-refractivity contribution in [2.75, 3.05) is 12.4 Å². The van der Waals surface area contributed by atoms with Crippen LogP contribution in [0.25, 0.3) is 22.0 Å². The minimum atomic E-state index is -5.02. The second kappa shape index (κ2) is 10.6. The normalized spacial score (nSPS) is 11.4. The maximum atomic E-state index is 14.1. The molecule has 0 aliphatic carbocycles. The van der Waals surface area contributed by atoms with Crippen LogP contribution in [-0.2, 0) is 11.0 Å². The number of nitrogens with zero attached hydrogens (tertiary/aromatic N) is 1. The van der Waals surface area contributed by atoms with Gasteiger partial charge in [0, 0.05) is 29.0 Å². The van der Waals surface area contributed by atoms with Gasteiger partial charge in [-0.25, -0.2) is 18.2 Å². The lowest BCUT2D eigenvalue weighted by Crippen LogP contribution is -2.16. The van der Waals surface area contributed by atoms with E-state index in [2.05, 4.69) is 10.3 Å². The Morgan fingerprint density at radius 1 is 0.949 bits per heavy atom. The highest BCUT2D eigenvalue weighted by Gasteiger charge is 2.37. The standard InChI is InChI=1S/C27H18F6N2O4/c1-3-22(36)39-19-9-7-15(23-16(27(31,32)33)11-13(28)12-20(23)38-2)25-14(19)8-10-21(34-25)35-26(37)24-17(29)5-4-6-18(24)30/h4-12H,3H2,1-2H3,(H,34,35,37). The van der Waals surface area contributed by atoms with E-state index in [1.807, 2.05) is 0 Å². The van der Waals surface area contributed by atoms with Gasteiger partial charge in [-0.15, -0.1) is 0 Å². The lowest BCUT2D eigenvalue weighted by molar-refractivity contribution is -0.137. The molecular formula is C27H18F6N2O4. The summed E-state index contributed by atoms with van der Waals surface area (Å²) >= 11 is 0. The van der Waals surface area contributed by atoms with E-state index in [1.165, 1.54) is 31.2 Å². The van der Waals surface area contributed by atoms with Crippen molar-refractivity contribution in [2.24, 2.45) is 0 Å². The maximum Gasteiger partial charge on any atom is 0.417 e. The molecule has 1 amide bonds. The zero-order chi connectivity index (χ0) is 28.5. The molecule has 1 aromatic heterocycles. The average Bonchev–Trinajstić information content (AvgIpc) is 2.87. The van der Waals surface area contributed by atoms with Crippen molar-refractivity contribution in [1.82, 2.24) is 4.98 Å². The van der Waals surface area contributed by atoms with Crippen LogP contribution in [0.4, 0.5) is 32.2 Å². The molecule has 0 aliphatic heterocycles. The number of benzene rings is 3. The summed E-state index contributed by atoms with van der Waals surface area (Å²) in [6, 6.07) is 8.77. The lowest BCUT2D eigenvalue weighted by atomic mass is 9.95. The molecule has 0 spiro atoms. The second-order valence-corrected chi connectivity index (χ2v) is 8.11. The van der Waals surface area contributed by atoms with Crippen LogP contribution in [-0.4, -0.2) is 24.0 Å². The molecule has 1 N–H and O–H groups in total. The van der Waals surface area contributed by atoms with E-state index in [9.17, 15) is 35.9 Å². The Balaban J connectivity index is 1.96. The summed E-state index contributed by atoms with van der Waals surface area (Å²) in [5, 5.41) is 2.27. The van der Waals surface area contributed by atoms with Crippen LogP contribution in [0.15, 0.2) is 54.6 Å². The van der Waals surface area contributed by atoms with Crippen LogP contribution in [0.5, 0.6) is 11.5 Å². The van der Waals surface area contributed by atoms with Crippen molar-refractivity contribution in [3.8, 4) is 22.6 Å². The highest BCUT2D eigenvalue weighted by molar-refractivity contribution is 6.06. The Kier molecular flexibility index (Phi) is 7.48. The molecule has 0 unspecified atom stereocenters. The topological polar surface area (TPSA) is 77.5 Å². The minimum Gasteiger partial charge on any atom is -0.496 e. The number of anilines is 1. The van der Waals surface area contributed by atoms with E-state index in [0.29, 0.717) is 6.07 Å². The Hall–Kier alpha value is -4.61. The first-order valence-electron chi connectivity index (χ1n) is 11.3. The smallest absolute Gasteiger partial charge is 0.417 e. The van der Waals surface area contributed by atoms with Crippen molar-refractivity contribution in [3.05, 3.63) is 83.2 Å². The number of carbonyl (C=O) groups excluding carboxylic acids is 2. The number of methoxy groups -OCH3 is 1. The molecule has 4 rings (SSSR count). The summed E-state index contributed by atoms with van der Waals surface area (Å²) in [6.07, 6.45) is -5.03. The molecule has 6 nitrogen and oxygen atoms in total. The molecule has 0 atom stereocenters. The number of carbonyl (C=O) groups is 2. The molecule has 0 bridgehead atoms. The first-order chi connectivity index (χ1) is 18.4. The number of amides is 1. The van der Waals surface area contributed by atoms with Crippen molar-refractivity contribution < 1.29 is 45.4 Å². The fraction of sp³-hybridized carbons (Fsp3) is 0.148. The van der Waals surface area contributed by atoms with E-state index in [1.54, 1.807) is 0 Å². The Morgan fingerprint density at radius 3 is 2.26 bits per heavy atom. The molecule has 1 heterocycles. The van der Waals surface area contributed by atoms with Crippen LogP contribution in [0, 0.1) is 17.5 Å². The third-order valence-electron chi connectivity index (χ3n) is 5.62. The highest BCUT2D eigenvalue weighted by Crippen LogP contribution is 2.46. The van der Waals surface area contributed by atoms with Crippen LogP contribution in [0.1, 0.15) is 29.3 Å². The predicted molar refractivity (Wildman–Crippen MR) is 129 cm³/mol. The minimum absolute atomic E-state index is 0.0109. The van der Waals surface area contributed by atoms with E-state index in [-0.39, 0.29) is 34.5 Å². The van der Waals surface area contributed by atoms with Crippen molar-refractivity contribution in [3.63, 3.8) is 0 Å². The van der Waals surface area contributed by atoms with E-state index >= 15 is 0 Å². The third kappa shape index (κ3) is 5.49. The summed E-state index contributed by atoms with van der Waals surface area (Å²) < 4.78 is 94.6. The third-order valence-corrected chi connectivity index (χ3v) is 5.62. The first-order valence-corrected chi connectivity index (χ1v) is 11.3. The Bertz CT molecular complexity index is 1580. The Labute approximate surface area is 217 Å². The number of hydrogen-bond donors (Lipinski definition) is 1. The molecule has 0 fully saturated rings. The van der Waals surface area contributed by atoms with Gasteiger partial charge in [0.05, 0.1) is 18.2 Å². The molecule has 0 radical (unpaired) electrons. The SMILES string of the molecule is CCC(=O)Oc1ccc(-c2c(OC)cc(F)cc2C(F)(F)F)c2nc(NC(=O)c3c(F)cccc3F)ccc12. The quantitative estimate of drug-likeness (QED) is 0.161. The summed E-state index contributed by atoms with van der Waals surface area (Å²) in [7, 11) is 1.06. The number of fused-ring (bicyclic) bond motifs is 1. The average molecular weight is 548 g/mol. The molecule has 39 heavy (non-hydrogen) atoms. The van der Waals surface area contributed by atoms with Gasteiger partial charge in [0.2, 0.25) is 0 Å². The number of rotatable bonds is 6. The number of pyridine rings is 1. The van der Waals surface area contributed by atoms with Crippen molar-refractivity contribution in [2.45, 2.75) is 19.5 Å². The van der Waals surface area contributed by atoms with E-state index in [0.717, 1.165) is 31.4 Å². The summed E-state index contributed by atoms with van der Waals surface area (Å²) in [4.78, 5) is 28.8. The predicted octanol–water partition coefficient (Wildman–Crippen LogP) is 6.91. The monoisotopic (exact) mass is 548 g/mol. The fourth-order valence-electron chi connectivity index (χ4n) is 3.88. The zero-order valence-corrected chi connectivity index (χ0v) is 20.3. The zero-order valence-electron chi connectivity index (χ0n) is 20.3. The molecular weight excluding hydrogens is 530 g/mol. The molecule has 0 saturated carbocycles. The van der Waals surface area contributed by atoms with Gasteiger partial charge < -0.3 is 14.8 Å². The first kappa shape index (κ1) is 27.4. The van der Waals surface area contributed by atoms with Gasteiger partial charge in [-0.05, 0) is 42.5 Å². The number of alkyl halides is 3. The van der Waals surface area contributed by atoms with Gasteiger partial charge in [0.25, 0.3) is 5.91 Å². The van der Waals surface area contributed by atoms with Gasteiger partial charge >= 0.3 is 12.1 Å². The lowest BCUT2D eigenvalue weighted by Gasteiger charge is -2.19. The largest absolute Gasteiger partial charge is 0.496 e. The number of ether oxygens (including phenoxy) is 2. The van der Waals surface area contributed by atoms with Crippen molar-refractivity contribution >= 4 is 28.6 Å². The number of halogens is 6. The molecule has 0 aliphatic rings. The van der Waals surface area contributed by atoms with Crippen LogP contribution >= 0.6 is 0 Å². The van der Waals surface area contributed by atoms with Crippen LogP contribution in [0.2, 0.25) is 0 Å². The number of nitrogens with one attached hydrogen (secondary N) is 1. The van der Waals surface area contributed by atoms with Gasteiger partial charge in [-0.2, -0.15) is 13.2 Å². The summed E-state index contributed by atoms with van der Waals surface area (Å²) in [5.74, 6) is -6.15. The van der Waals surface area contributed by atoms with Crippen LogP contribution in [0.3, 0.4) is 0 Å². The molecule has 4 aromatic rings. The summed E-state index contributed by atoms with van der Waals surface area (Å²) in [5.41, 5.74) is -3.26. The van der Waals surface area contributed by atoms with Crippen molar-refractivity contribution in [1.29, 1.82) is 0 Å². The molecule has 202 valence electrons. The second-order valence-electron chi connectivity index (χ2n) is 8.11. The number of hydrogen-bond acceptors (Lipinski definition) is 5. The molecule has 3 aromatic carbocycles. The van der Waals surface area contributed by atoms with Crippen LogP contribution < -0.4 is 14.8 Å². The van der Waals surface area contributed by atoms with E-state index in [4.69, 9.17) is 9.47 Å². The molecule has 12 heteroatoms. The Morgan fingerprint density at radius 2 is 1.64 bits per heavy atom. The number of esters is 1.